The molecule has 0 radical (unpaired) electrons. The van der Waals surface area contributed by atoms with Crippen LogP contribution in [0.5, 0.6) is 0 Å². The zero-order valence-corrected chi connectivity index (χ0v) is 11.0. The quantitative estimate of drug-likeness (QED) is 0.718. The average molecular weight is 224 g/mol. The molecule has 1 aromatic rings. The van der Waals surface area contributed by atoms with Crippen molar-refractivity contribution in [1.29, 1.82) is 0 Å². The van der Waals surface area contributed by atoms with Crippen molar-refractivity contribution in [2.45, 2.75) is 26.2 Å². The van der Waals surface area contributed by atoms with Crippen LogP contribution in [-0.2, 0) is 7.05 Å². The summed E-state index contributed by atoms with van der Waals surface area (Å²) < 4.78 is 1.85. The Morgan fingerprint density at radius 2 is 2.06 bits per heavy atom. The number of aryl methyl sites for hydroxylation is 2. The van der Waals surface area contributed by atoms with Gasteiger partial charge in [-0.2, -0.15) is 5.10 Å². The maximum Gasteiger partial charge on any atom is 0.0824 e. The number of aromatic nitrogens is 2. The predicted molar refractivity (Wildman–Crippen MR) is 68.8 cm³/mol. The van der Waals surface area contributed by atoms with Gasteiger partial charge in [0, 0.05) is 19.8 Å². The van der Waals surface area contributed by atoms with E-state index in [-0.39, 0.29) is 0 Å². The van der Waals surface area contributed by atoms with Crippen LogP contribution in [-0.4, -0.2) is 41.9 Å². The minimum atomic E-state index is 1.04. The zero-order valence-electron chi connectivity index (χ0n) is 11.0. The number of hydrogen-bond donors (Lipinski definition) is 1. The van der Waals surface area contributed by atoms with E-state index < -0.39 is 0 Å². The Morgan fingerprint density at radius 3 is 2.62 bits per heavy atom. The highest BCUT2D eigenvalue weighted by molar-refractivity contribution is 5.45. The predicted octanol–water partition coefficient (Wildman–Crippen LogP) is 1.87. The topological polar surface area (TPSA) is 33.1 Å². The number of rotatable bonds is 7. The molecule has 1 heterocycles. The van der Waals surface area contributed by atoms with Crippen molar-refractivity contribution in [1.82, 2.24) is 14.7 Å². The average Bonchev–Trinajstić information content (AvgIpc) is 2.50. The number of nitrogens with zero attached hydrogens (tertiary/aromatic N) is 3. The van der Waals surface area contributed by atoms with Gasteiger partial charge in [0.05, 0.1) is 11.4 Å². The third-order valence-electron chi connectivity index (χ3n) is 2.61. The van der Waals surface area contributed by atoms with Crippen molar-refractivity contribution >= 4 is 5.69 Å². The van der Waals surface area contributed by atoms with E-state index in [0.717, 1.165) is 17.9 Å². The van der Waals surface area contributed by atoms with Gasteiger partial charge < -0.3 is 10.2 Å². The standard InChI is InChI=1S/C12H24N4/c1-11-12(10-16(4)14-11)13-8-6-5-7-9-15(2)3/h10,13H,5-9H2,1-4H3. The Labute approximate surface area is 98.6 Å². The van der Waals surface area contributed by atoms with E-state index in [0.29, 0.717) is 0 Å². The first-order valence-corrected chi connectivity index (χ1v) is 5.98. The number of anilines is 1. The van der Waals surface area contributed by atoms with Gasteiger partial charge in [0.1, 0.15) is 0 Å². The van der Waals surface area contributed by atoms with Crippen LogP contribution in [0.4, 0.5) is 5.69 Å². The smallest absolute Gasteiger partial charge is 0.0824 e. The van der Waals surface area contributed by atoms with Gasteiger partial charge in [-0.05, 0) is 40.4 Å². The van der Waals surface area contributed by atoms with Gasteiger partial charge >= 0.3 is 0 Å². The van der Waals surface area contributed by atoms with E-state index in [1.54, 1.807) is 0 Å². The Balaban J connectivity index is 2.09. The monoisotopic (exact) mass is 224 g/mol. The molecule has 0 aliphatic heterocycles. The SMILES string of the molecule is Cc1nn(C)cc1NCCCCCN(C)C. The van der Waals surface area contributed by atoms with E-state index in [1.165, 1.54) is 25.8 Å². The van der Waals surface area contributed by atoms with Gasteiger partial charge in [-0.15, -0.1) is 0 Å². The molecule has 0 fully saturated rings. The summed E-state index contributed by atoms with van der Waals surface area (Å²) in [7, 11) is 6.20. The largest absolute Gasteiger partial charge is 0.382 e. The second-order valence-corrected chi connectivity index (χ2v) is 4.59. The second kappa shape index (κ2) is 6.53. The minimum Gasteiger partial charge on any atom is -0.382 e. The van der Waals surface area contributed by atoms with Crippen LogP contribution in [0.3, 0.4) is 0 Å². The molecule has 1 aromatic heterocycles. The molecule has 0 spiro atoms. The van der Waals surface area contributed by atoms with Crippen LogP contribution in [0.15, 0.2) is 6.20 Å². The highest BCUT2D eigenvalue weighted by atomic mass is 15.3. The number of unbranched alkanes of at least 4 members (excludes halogenated alkanes) is 2. The molecular weight excluding hydrogens is 200 g/mol. The minimum absolute atomic E-state index is 1.04. The molecule has 0 aromatic carbocycles. The molecule has 0 amide bonds. The van der Waals surface area contributed by atoms with E-state index in [4.69, 9.17) is 0 Å². The van der Waals surface area contributed by atoms with Crippen LogP contribution < -0.4 is 5.32 Å². The zero-order chi connectivity index (χ0) is 12.0. The fourth-order valence-corrected chi connectivity index (χ4v) is 1.73. The van der Waals surface area contributed by atoms with Crippen LogP contribution in [0.1, 0.15) is 25.0 Å². The molecule has 0 aliphatic carbocycles. The van der Waals surface area contributed by atoms with Crippen molar-refractivity contribution in [2.75, 3.05) is 32.5 Å². The third kappa shape index (κ3) is 4.66. The molecule has 0 atom stereocenters. The molecule has 92 valence electrons. The highest BCUT2D eigenvalue weighted by Crippen LogP contribution is 2.11. The van der Waals surface area contributed by atoms with E-state index >= 15 is 0 Å². The molecule has 0 saturated carbocycles. The summed E-state index contributed by atoms with van der Waals surface area (Å²) in [5.74, 6) is 0. The Morgan fingerprint density at radius 1 is 1.31 bits per heavy atom. The van der Waals surface area contributed by atoms with Gasteiger partial charge in [-0.1, -0.05) is 6.42 Å². The lowest BCUT2D eigenvalue weighted by Gasteiger charge is -2.09. The molecule has 1 rings (SSSR count). The normalized spacial score (nSPS) is 11.1. The highest BCUT2D eigenvalue weighted by Gasteiger charge is 2.00. The number of nitrogens with one attached hydrogen (secondary N) is 1. The molecule has 0 unspecified atom stereocenters. The molecule has 1 N–H and O–H groups in total. The fraction of sp³-hybridized carbons (Fsp3) is 0.750. The first-order chi connectivity index (χ1) is 7.59. The molecule has 4 heteroatoms. The lowest BCUT2D eigenvalue weighted by molar-refractivity contribution is 0.393. The van der Waals surface area contributed by atoms with Crippen molar-refractivity contribution in [3.63, 3.8) is 0 Å². The lowest BCUT2D eigenvalue weighted by Crippen LogP contribution is -2.13. The molecule has 0 saturated heterocycles. The summed E-state index contributed by atoms with van der Waals surface area (Å²) in [6, 6.07) is 0. The van der Waals surface area contributed by atoms with Gasteiger partial charge in [0.25, 0.3) is 0 Å². The molecule has 0 bridgehead atoms. The maximum absolute atomic E-state index is 4.30. The molecule has 16 heavy (non-hydrogen) atoms. The fourth-order valence-electron chi connectivity index (χ4n) is 1.73. The second-order valence-electron chi connectivity index (χ2n) is 4.59. The van der Waals surface area contributed by atoms with E-state index in [1.807, 2.05) is 24.9 Å². The Bertz CT molecular complexity index is 304. The van der Waals surface area contributed by atoms with Crippen molar-refractivity contribution in [3.8, 4) is 0 Å². The van der Waals surface area contributed by atoms with Gasteiger partial charge in [-0.3, -0.25) is 4.68 Å². The Kier molecular flexibility index (Phi) is 5.32. The van der Waals surface area contributed by atoms with Crippen LogP contribution in [0, 0.1) is 6.92 Å². The summed E-state index contributed by atoms with van der Waals surface area (Å²) in [6.45, 7) is 4.26. The summed E-state index contributed by atoms with van der Waals surface area (Å²) in [6.07, 6.45) is 5.82. The van der Waals surface area contributed by atoms with Crippen molar-refractivity contribution in [3.05, 3.63) is 11.9 Å². The molecule has 0 aliphatic rings. The molecular formula is C12H24N4. The van der Waals surface area contributed by atoms with Crippen LogP contribution >= 0.6 is 0 Å². The maximum atomic E-state index is 4.30. The first kappa shape index (κ1) is 13.0. The molecule has 4 nitrogen and oxygen atoms in total. The van der Waals surface area contributed by atoms with Crippen LogP contribution in [0.2, 0.25) is 0 Å². The Hall–Kier alpha value is -1.03. The van der Waals surface area contributed by atoms with Crippen LogP contribution in [0.25, 0.3) is 0 Å². The van der Waals surface area contributed by atoms with Crippen molar-refractivity contribution < 1.29 is 0 Å². The van der Waals surface area contributed by atoms with E-state index in [9.17, 15) is 0 Å². The third-order valence-corrected chi connectivity index (χ3v) is 2.61. The lowest BCUT2D eigenvalue weighted by atomic mass is 10.2. The van der Waals surface area contributed by atoms with E-state index in [2.05, 4.69) is 29.4 Å². The van der Waals surface area contributed by atoms with Gasteiger partial charge in [0.15, 0.2) is 0 Å². The van der Waals surface area contributed by atoms with Gasteiger partial charge in [0.2, 0.25) is 0 Å². The summed E-state index contributed by atoms with van der Waals surface area (Å²) in [5, 5.41) is 7.72. The number of hydrogen-bond acceptors (Lipinski definition) is 3. The van der Waals surface area contributed by atoms with Gasteiger partial charge in [-0.25, -0.2) is 0 Å². The summed E-state index contributed by atoms with van der Waals surface area (Å²) >= 11 is 0. The summed E-state index contributed by atoms with van der Waals surface area (Å²) in [4.78, 5) is 2.23. The first-order valence-electron chi connectivity index (χ1n) is 5.98. The summed E-state index contributed by atoms with van der Waals surface area (Å²) in [5.41, 5.74) is 2.24. The van der Waals surface area contributed by atoms with Crippen molar-refractivity contribution in [2.24, 2.45) is 7.05 Å².